The van der Waals surface area contributed by atoms with Crippen LogP contribution in [0.4, 0.5) is 0 Å². The van der Waals surface area contributed by atoms with Gasteiger partial charge in [-0.05, 0) is 30.2 Å². The van der Waals surface area contributed by atoms with Crippen molar-refractivity contribution in [2.45, 2.75) is 32.2 Å². The number of pyridine rings is 1. The Morgan fingerprint density at radius 2 is 2.16 bits per heavy atom. The molecule has 132 valence electrons. The smallest absolute Gasteiger partial charge is 0.255 e. The van der Waals surface area contributed by atoms with Gasteiger partial charge >= 0.3 is 0 Å². The number of Topliss-reactive ketones (excluding diaryl/α,β-unsaturated/α-hetero) is 1. The third kappa shape index (κ3) is 3.96. The summed E-state index contributed by atoms with van der Waals surface area (Å²) in [5.74, 6) is 0.363. The molecule has 3 rings (SSSR count). The van der Waals surface area contributed by atoms with E-state index < -0.39 is 0 Å². The van der Waals surface area contributed by atoms with Gasteiger partial charge in [-0.15, -0.1) is 0 Å². The molecule has 0 saturated carbocycles. The first kappa shape index (κ1) is 17.4. The molecule has 3 heterocycles. The summed E-state index contributed by atoms with van der Waals surface area (Å²) < 4.78 is 10.6. The number of carbonyl (C=O) groups excluding carboxylic acids is 2. The second-order valence-corrected chi connectivity index (χ2v) is 6.46. The number of amides is 1. The van der Waals surface area contributed by atoms with Crippen molar-refractivity contribution < 1.29 is 18.7 Å². The first-order valence-electron chi connectivity index (χ1n) is 8.47. The topological polar surface area (TPSA) is 72.6 Å². The van der Waals surface area contributed by atoms with Crippen LogP contribution in [0, 0.1) is 0 Å². The summed E-state index contributed by atoms with van der Waals surface area (Å²) in [7, 11) is 0. The minimum Gasteiger partial charge on any atom is -0.461 e. The van der Waals surface area contributed by atoms with Crippen LogP contribution >= 0.6 is 0 Å². The highest BCUT2D eigenvalue weighted by molar-refractivity contribution is 5.96. The molecular weight excluding hydrogens is 320 g/mol. The normalized spacial score (nSPS) is 17.7. The molecule has 0 bridgehead atoms. The summed E-state index contributed by atoms with van der Waals surface area (Å²) in [5.41, 5.74) is 1.48. The number of morpholine rings is 1. The highest BCUT2D eigenvalue weighted by Gasteiger charge is 2.30. The Kier molecular flexibility index (Phi) is 5.28. The Morgan fingerprint density at radius 3 is 2.80 bits per heavy atom. The maximum absolute atomic E-state index is 12.9. The van der Waals surface area contributed by atoms with Crippen LogP contribution in [-0.4, -0.2) is 47.4 Å². The average Bonchev–Trinajstić information content (AvgIpc) is 3.16. The second-order valence-electron chi connectivity index (χ2n) is 6.46. The summed E-state index contributed by atoms with van der Waals surface area (Å²) >= 11 is 0. The molecule has 0 aliphatic carbocycles. The van der Waals surface area contributed by atoms with Crippen molar-refractivity contribution in [3.63, 3.8) is 0 Å². The standard InChI is InChI=1S/C19H22N2O4/c1-13(2)16-6-5-14(11-20-16)19(23)21-7-9-24-12-15(21)10-17(22)18-4-3-8-25-18/h3-6,8,11,13,15H,7,9-10,12H2,1-2H3/t15-/m1/s1. The predicted molar refractivity (Wildman–Crippen MR) is 91.6 cm³/mol. The van der Waals surface area contributed by atoms with Crippen LogP contribution in [0.2, 0.25) is 0 Å². The van der Waals surface area contributed by atoms with Crippen LogP contribution in [0.3, 0.4) is 0 Å². The van der Waals surface area contributed by atoms with Gasteiger partial charge in [-0.2, -0.15) is 0 Å². The van der Waals surface area contributed by atoms with E-state index in [1.165, 1.54) is 6.26 Å². The molecule has 2 aromatic heterocycles. The molecule has 2 aromatic rings. The van der Waals surface area contributed by atoms with E-state index in [0.29, 0.717) is 37.0 Å². The van der Waals surface area contributed by atoms with Gasteiger partial charge in [0.2, 0.25) is 0 Å². The van der Waals surface area contributed by atoms with Crippen molar-refractivity contribution in [2.75, 3.05) is 19.8 Å². The molecule has 0 aromatic carbocycles. The Bertz CT molecular complexity index is 722. The Hall–Kier alpha value is -2.47. The summed E-state index contributed by atoms with van der Waals surface area (Å²) in [6.45, 7) is 5.38. The van der Waals surface area contributed by atoms with Crippen molar-refractivity contribution in [2.24, 2.45) is 0 Å². The maximum Gasteiger partial charge on any atom is 0.255 e. The molecule has 1 aliphatic rings. The van der Waals surface area contributed by atoms with Crippen LogP contribution in [0.25, 0.3) is 0 Å². The van der Waals surface area contributed by atoms with Gasteiger partial charge in [-0.1, -0.05) is 13.8 Å². The highest BCUT2D eigenvalue weighted by atomic mass is 16.5. The number of ketones is 1. The number of ether oxygens (including phenoxy) is 1. The molecule has 0 radical (unpaired) electrons. The Labute approximate surface area is 146 Å². The quantitative estimate of drug-likeness (QED) is 0.781. The molecule has 25 heavy (non-hydrogen) atoms. The number of rotatable bonds is 5. The van der Waals surface area contributed by atoms with E-state index in [-0.39, 0.29) is 24.2 Å². The number of aromatic nitrogens is 1. The maximum atomic E-state index is 12.9. The lowest BCUT2D eigenvalue weighted by Crippen LogP contribution is -2.49. The number of furan rings is 1. The van der Waals surface area contributed by atoms with Gasteiger partial charge in [0.25, 0.3) is 5.91 Å². The van der Waals surface area contributed by atoms with E-state index in [0.717, 1.165) is 5.69 Å². The minimum absolute atomic E-state index is 0.122. The van der Waals surface area contributed by atoms with E-state index in [4.69, 9.17) is 9.15 Å². The fourth-order valence-electron chi connectivity index (χ4n) is 2.88. The van der Waals surface area contributed by atoms with Gasteiger partial charge in [0.15, 0.2) is 11.5 Å². The number of nitrogens with zero attached hydrogens (tertiary/aromatic N) is 2. The SMILES string of the molecule is CC(C)c1ccc(C(=O)N2CCOC[C@H]2CC(=O)c2ccco2)cn1. The third-order valence-electron chi connectivity index (χ3n) is 4.33. The second kappa shape index (κ2) is 7.61. The fourth-order valence-corrected chi connectivity index (χ4v) is 2.88. The summed E-state index contributed by atoms with van der Waals surface area (Å²) in [5, 5.41) is 0. The van der Waals surface area contributed by atoms with Gasteiger partial charge in [-0.25, -0.2) is 0 Å². The van der Waals surface area contributed by atoms with Gasteiger partial charge in [-0.3, -0.25) is 14.6 Å². The van der Waals surface area contributed by atoms with E-state index in [9.17, 15) is 9.59 Å². The van der Waals surface area contributed by atoms with Gasteiger partial charge in [0.05, 0.1) is 31.1 Å². The molecule has 6 nitrogen and oxygen atoms in total. The summed E-state index contributed by atoms with van der Waals surface area (Å²) in [6.07, 6.45) is 3.25. The van der Waals surface area contributed by atoms with E-state index in [1.807, 2.05) is 6.07 Å². The Balaban J connectivity index is 1.73. The van der Waals surface area contributed by atoms with Crippen molar-refractivity contribution in [3.05, 3.63) is 53.7 Å². The fraction of sp³-hybridized carbons (Fsp3) is 0.421. The molecule has 1 aliphatic heterocycles. The molecule has 6 heteroatoms. The zero-order valence-corrected chi connectivity index (χ0v) is 14.5. The molecule has 1 saturated heterocycles. The number of carbonyl (C=O) groups is 2. The van der Waals surface area contributed by atoms with Crippen LogP contribution < -0.4 is 0 Å². The number of hydrogen-bond donors (Lipinski definition) is 0. The van der Waals surface area contributed by atoms with E-state index in [2.05, 4.69) is 18.8 Å². The first-order chi connectivity index (χ1) is 12.1. The van der Waals surface area contributed by atoms with Crippen molar-refractivity contribution >= 4 is 11.7 Å². The van der Waals surface area contributed by atoms with Crippen LogP contribution in [0.5, 0.6) is 0 Å². The number of hydrogen-bond acceptors (Lipinski definition) is 5. The van der Waals surface area contributed by atoms with Crippen molar-refractivity contribution in [1.82, 2.24) is 9.88 Å². The largest absolute Gasteiger partial charge is 0.461 e. The zero-order valence-electron chi connectivity index (χ0n) is 14.5. The van der Waals surface area contributed by atoms with Crippen LogP contribution in [0.1, 0.15) is 52.8 Å². The predicted octanol–water partition coefficient (Wildman–Crippen LogP) is 2.91. The van der Waals surface area contributed by atoms with E-state index in [1.54, 1.807) is 29.3 Å². The Morgan fingerprint density at radius 1 is 1.32 bits per heavy atom. The average molecular weight is 342 g/mol. The first-order valence-corrected chi connectivity index (χ1v) is 8.47. The third-order valence-corrected chi connectivity index (χ3v) is 4.33. The monoisotopic (exact) mass is 342 g/mol. The lowest BCUT2D eigenvalue weighted by molar-refractivity contribution is -0.00305. The highest BCUT2D eigenvalue weighted by Crippen LogP contribution is 2.18. The molecule has 0 N–H and O–H groups in total. The summed E-state index contributed by atoms with van der Waals surface area (Å²) in [4.78, 5) is 31.2. The molecule has 1 amide bonds. The lowest BCUT2D eigenvalue weighted by atomic mass is 10.0. The van der Waals surface area contributed by atoms with Crippen LogP contribution in [-0.2, 0) is 4.74 Å². The summed E-state index contributed by atoms with van der Waals surface area (Å²) in [6, 6.07) is 6.68. The molecule has 1 atom stereocenters. The molecule has 1 fully saturated rings. The van der Waals surface area contributed by atoms with Crippen molar-refractivity contribution in [3.8, 4) is 0 Å². The van der Waals surface area contributed by atoms with Gasteiger partial charge < -0.3 is 14.1 Å². The molecule has 0 unspecified atom stereocenters. The van der Waals surface area contributed by atoms with Crippen molar-refractivity contribution in [1.29, 1.82) is 0 Å². The zero-order chi connectivity index (χ0) is 17.8. The van der Waals surface area contributed by atoms with E-state index >= 15 is 0 Å². The molecular formula is C19H22N2O4. The van der Waals surface area contributed by atoms with Crippen LogP contribution in [0.15, 0.2) is 41.1 Å². The molecule has 0 spiro atoms. The van der Waals surface area contributed by atoms with Gasteiger partial charge in [0.1, 0.15) is 0 Å². The minimum atomic E-state index is -0.302. The lowest BCUT2D eigenvalue weighted by Gasteiger charge is -2.35. The van der Waals surface area contributed by atoms with Gasteiger partial charge in [0, 0.05) is 24.9 Å².